The van der Waals surface area contributed by atoms with E-state index in [1.165, 1.54) is 14.2 Å². The first-order chi connectivity index (χ1) is 19.7. The van der Waals surface area contributed by atoms with Gasteiger partial charge in [0.05, 0.1) is 34.1 Å². The van der Waals surface area contributed by atoms with Crippen LogP contribution in [0.15, 0.2) is 65.3 Å². The maximum absolute atomic E-state index is 13.4. The monoisotopic (exact) mass is 579 g/mol. The summed E-state index contributed by atoms with van der Waals surface area (Å²) >= 11 is 6.34. The Labute approximate surface area is 242 Å². The molecule has 0 saturated carbocycles. The van der Waals surface area contributed by atoms with Crippen LogP contribution in [0.5, 0.6) is 23.0 Å². The zero-order valence-corrected chi connectivity index (χ0v) is 24.0. The number of benzene rings is 3. The molecule has 0 radical (unpaired) electrons. The summed E-state index contributed by atoms with van der Waals surface area (Å²) in [5, 5.41) is 5.58. The number of carbonyl (C=O) groups is 3. The second kappa shape index (κ2) is 12.6. The molecule has 3 aromatic rings. The van der Waals surface area contributed by atoms with Crippen molar-refractivity contribution in [1.82, 2.24) is 5.32 Å². The van der Waals surface area contributed by atoms with Gasteiger partial charge in [0, 0.05) is 23.9 Å². The minimum Gasteiger partial charge on any atom is -0.497 e. The normalized spacial score (nSPS) is 12.9. The molecule has 41 heavy (non-hydrogen) atoms. The number of imide groups is 1. The van der Waals surface area contributed by atoms with Gasteiger partial charge in [0.1, 0.15) is 22.2 Å². The summed E-state index contributed by atoms with van der Waals surface area (Å²) in [5.74, 6) is 0.339. The van der Waals surface area contributed by atoms with Crippen molar-refractivity contribution in [2.75, 3.05) is 45.2 Å². The number of hydrogen-bond donors (Lipinski definition) is 2. The first-order valence-corrected chi connectivity index (χ1v) is 13.0. The number of halogens is 1. The van der Waals surface area contributed by atoms with Gasteiger partial charge in [-0.25, -0.2) is 4.90 Å². The van der Waals surface area contributed by atoms with Crippen LogP contribution in [-0.4, -0.2) is 52.7 Å². The van der Waals surface area contributed by atoms with Gasteiger partial charge >= 0.3 is 0 Å². The number of hydrogen-bond acceptors (Lipinski definition) is 8. The van der Waals surface area contributed by atoms with Gasteiger partial charge in [-0.1, -0.05) is 23.7 Å². The van der Waals surface area contributed by atoms with E-state index in [1.807, 2.05) is 18.2 Å². The highest BCUT2D eigenvalue weighted by Gasteiger charge is 2.40. The number of ether oxygens (including phenoxy) is 4. The number of methoxy groups -OCH3 is 4. The first kappa shape index (κ1) is 29.3. The van der Waals surface area contributed by atoms with E-state index in [-0.39, 0.29) is 28.1 Å². The molecule has 0 aliphatic carbocycles. The molecule has 0 unspecified atom stereocenters. The number of carbonyl (C=O) groups excluding carboxylic acids is 3. The summed E-state index contributed by atoms with van der Waals surface area (Å²) < 4.78 is 21.2. The maximum atomic E-state index is 13.4. The van der Waals surface area contributed by atoms with E-state index < -0.39 is 11.8 Å². The third-order valence-electron chi connectivity index (χ3n) is 6.56. The fraction of sp³-hybridized carbons (Fsp3) is 0.233. The quantitative estimate of drug-likeness (QED) is 0.320. The van der Waals surface area contributed by atoms with Crippen LogP contribution in [0.25, 0.3) is 0 Å². The van der Waals surface area contributed by atoms with Crippen LogP contribution in [0.1, 0.15) is 21.5 Å². The first-order valence-electron chi connectivity index (χ1n) is 12.6. The summed E-state index contributed by atoms with van der Waals surface area (Å²) in [6.07, 6.45) is 0.576. The van der Waals surface area contributed by atoms with Crippen molar-refractivity contribution in [2.24, 2.45) is 0 Å². The lowest BCUT2D eigenvalue weighted by Gasteiger charge is -2.19. The summed E-state index contributed by atoms with van der Waals surface area (Å²) in [6, 6.07) is 15.3. The van der Waals surface area contributed by atoms with E-state index in [9.17, 15) is 14.4 Å². The molecule has 0 atom stereocenters. The SMILES string of the molecule is COc1ccc(N2C(=O)C(Cl)=C(Nc3cc(C(=O)NCCc4ccc(OC)c(OC)c4)ccc3C)C2=O)c(OC)c1. The maximum Gasteiger partial charge on any atom is 0.283 e. The van der Waals surface area contributed by atoms with Crippen molar-refractivity contribution in [2.45, 2.75) is 13.3 Å². The largest absolute Gasteiger partial charge is 0.497 e. The average molecular weight is 580 g/mol. The number of nitrogens with one attached hydrogen (secondary N) is 2. The van der Waals surface area contributed by atoms with Gasteiger partial charge in [0.2, 0.25) is 0 Å². The summed E-state index contributed by atoms with van der Waals surface area (Å²) in [5.41, 5.74) is 2.65. The number of anilines is 2. The van der Waals surface area contributed by atoms with Crippen molar-refractivity contribution in [3.63, 3.8) is 0 Å². The topological polar surface area (TPSA) is 115 Å². The van der Waals surface area contributed by atoms with Crippen molar-refractivity contribution in [3.05, 3.63) is 82.0 Å². The van der Waals surface area contributed by atoms with Gasteiger partial charge in [-0.05, 0) is 60.9 Å². The predicted octanol–water partition coefficient (Wildman–Crippen LogP) is 4.44. The Hall–Kier alpha value is -4.70. The van der Waals surface area contributed by atoms with Gasteiger partial charge in [-0.15, -0.1) is 0 Å². The van der Waals surface area contributed by atoms with Crippen LogP contribution in [0.3, 0.4) is 0 Å². The molecule has 0 saturated heterocycles. The molecule has 0 aromatic heterocycles. The van der Waals surface area contributed by atoms with Gasteiger partial charge < -0.3 is 29.6 Å². The molecule has 4 rings (SSSR count). The molecule has 10 nitrogen and oxygen atoms in total. The molecule has 0 fully saturated rings. The van der Waals surface area contributed by atoms with Crippen molar-refractivity contribution < 1.29 is 33.3 Å². The molecule has 3 amide bonds. The Balaban J connectivity index is 1.48. The number of aryl methyl sites for hydroxylation is 1. The molecule has 0 bridgehead atoms. The van der Waals surface area contributed by atoms with Crippen LogP contribution in [0, 0.1) is 6.92 Å². The van der Waals surface area contributed by atoms with E-state index >= 15 is 0 Å². The number of amides is 3. The molecule has 1 heterocycles. The fourth-order valence-corrected chi connectivity index (χ4v) is 4.50. The summed E-state index contributed by atoms with van der Waals surface area (Å²) in [6.45, 7) is 2.19. The molecule has 1 aliphatic rings. The van der Waals surface area contributed by atoms with Crippen molar-refractivity contribution in [3.8, 4) is 23.0 Å². The van der Waals surface area contributed by atoms with Crippen LogP contribution >= 0.6 is 11.6 Å². The van der Waals surface area contributed by atoms with Crippen LogP contribution in [0.2, 0.25) is 0 Å². The third kappa shape index (κ3) is 6.07. The van der Waals surface area contributed by atoms with Gasteiger partial charge in [-0.2, -0.15) is 0 Å². The average Bonchev–Trinajstić information content (AvgIpc) is 3.20. The van der Waals surface area contributed by atoms with E-state index in [2.05, 4.69) is 10.6 Å². The number of rotatable bonds is 11. The lowest BCUT2D eigenvalue weighted by Crippen LogP contribution is -2.32. The van der Waals surface area contributed by atoms with Crippen LogP contribution in [-0.2, 0) is 16.0 Å². The zero-order valence-electron chi connectivity index (χ0n) is 23.3. The number of nitrogens with zero attached hydrogens (tertiary/aromatic N) is 1. The molecular formula is C30H30ClN3O7. The Morgan fingerprint density at radius 3 is 2.24 bits per heavy atom. The highest BCUT2D eigenvalue weighted by Crippen LogP contribution is 2.38. The molecule has 11 heteroatoms. The van der Waals surface area contributed by atoms with E-state index in [0.29, 0.717) is 41.5 Å². The molecule has 2 N–H and O–H groups in total. The molecular weight excluding hydrogens is 550 g/mol. The minimum atomic E-state index is -0.704. The molecule has 1 aliphatic heterocycles. The van der Waals surface area contributed by atoms with Crippen LogP contribution in [0.4, 0.5) is 11.4 Å². The highest BCUT2D eigenvalue weighted by atomic mass is 35.5. The summed E-state index contributed by atoms with van der Waals surface area (Å²) in [4.78, 5) is 40.2. The molecule has 3 aromatic carbocycles. The van der Waals surface area contributed by atoms with Gasteiger partial charge in [-0.3, -0.25) is 14.4 Å². The third-order valence-corrected chi connectivity index (χ3v) is 6.91. The second-order valence-corrected chi connectivity index (χ2v) is 9.40. The smallest absolute Gasteiger partial charge is 0.283 e. The van der Waals surface area contributed by atoms with Crippen molar-refractivity contribution >= 4 is 40.7 Å². The minimum absolute atomic E-state index is 0.108. The van der Waals surface area contributed by atoms with E-state index in [4.69, 9.17) is 30.5 Å². The van der Waals surface area contributed by atoms with Crippen LogP contribution < -0.4 is 34.5 Å². The molecule has 214 valence electrons. The summed E-state index contributed by atoms with van der Waals surface area (Å²) in [7, 11) is 6.06. The Kier molecular flexibility index (Phi) is 9.04. The van der Waals surface area contributed by atoms with Crippen molar-refractivity contribution in [1.29, 1.82) is 0 Å². The Morgan fingerprint density at radius 2 is 1.56 bits per heavy atom. The predicted molar refractivity (Wildman–Crippen MR) is 155 cm³/mol. The highest BCUT2D eigenvalue weighted by molar-refractivity contribution is 6.53. The standard InChI is InChI=1S/C30H30ClN3O7/c1-17-6-8-19(28(35)32-13-12-18-7-11-23(39-3)25(14-18)41-5)15-21(17)33-27-26(31)29(36)34(30(27)37)22-10-9-20(38-2)16-24(22)40-4/h6-11,14-16,33H,12-13H2,1-5H3,(H,32,35). The lowest BCUT2D eigenvalue weighted by atomic mass is 10.1. The lowest BCUT2D eigenvalue weighted by molar-refractivity contribution is -0.120. The van der Waals surface area contributed by atoms with Gasteiger partial charge in [0.25, 0.3) is 17.7 Å². The van der Waals surface area contributed by atoms with E-state index in [1.54, 1.807) is 57.5 Å². The molecule has 0 spiro atoms. The zero-order chi connectivity index (χ0) is 29.7. The Bertz CT molecular complexity index is 1540. The van der Waals surface area contributed by atoms with E-state index in [0.717, 1.165) is 16.0 Å². The second-order valence-electron chi connectivity index (χ2n) is 9.02. The van der Waals surface area contributed by atoms with Gasteiger partial charge in [0.15, 0.2) is 11.5 Å². The fourth-order valence-electron chi connectivity index (χ4n) is 4.29. The Morgan fingerprint density at radius 1 is 0.829 bits per heavy atom.